The molecule has 3 aromatic rings. The van der Waals surface area contributed by atoms with Gasteiger partial charge in [0.15, 0.2) is 0 Å². The van der Waals surface area contributed by atoms with Crippen molar-refractivity contribution >= 4 is 57.0 Å². The van der Waals surface area contributed by atoms with Crippen LogP contribution in [0.1, 0.15) is 75.3 Å². The Hall–Kier alpha value is -4.89. The number of anilines is 2. The molecular formula is C42H49ClF3N7O5. The maximum Gasteiger partial charge on any atom is 0.418 e. The number of carbonyl (C=O) groups excluding carboxylic acids is 3. The third kappa shape index (κ3) is 9.52. The predicted octanol–water partition coefficient (Wildman–Crippen LogP) is 6.68. The number of piperidine rings is 2. The lowest BCUT2D eigenvalue weighted by Crippen LogP contribution is -2.47. The number of amides is 2. The van der Waals surface area contributed by atoms with Gasteiger partial charge in [-0.25, -0.2) is 0 Å². The SMILES string of the molecule is COC1=CC(c2cn(C)c(=O)c3[nH]ncc23)=CC(Cl)=C(CC2CCCN(CC(=O)CC3CCN(c4ccc(NC5CCC(=O)NC5=O)cc4C(F)(F)F)CC3)CC2)C1. The second-order valence-corrected chi connectivity index (χ2v) is 16.4. The number of Topliss-reactive ketones (excluding diaryl/α,β-unsaturated/α-hetero) is 1. The third-order valence-electron chi connectivity index (χ3n) is 11.9. The van der Waals surface area contributed by atoms with E-state index in [4.69, 9.17) is 16.3 Å². The van der Waals surface area contributed by atoms with Gasteiger partial charge in [-0.1, -0.05) is 11.6 Å². The number of rotatable bonds is 11. The number of nitrogens with zero attached hydrogens (tertiary/aromatic N) is 4. The zero-order valence-corrected chi connectivity index (χ0v) is 33.5. The van der Waals surface area contributed by atoms with Crippen LogP contribution in [-0.4, -0.2) is 83.1 Å². The number of ketones is 1. The molecule has 4 aliphatic rings. The van der Waals surface area contributed by atoms with Gasteiger partial charge in [0.25, 0.3) is 5.56 Å². The Morgan fingerprint density at radius 2 is 1.81 bits per heavy atom. The minimum atomic E-state index is -4.61. The van der Waals surface area contributed by atoms with Crippen LogP contribution in [0.3, 0.4) is 0 Å². The number of allylic oxidation sites excluding steroid dienone is 5. The highest BCUT2D eigenvalue weighted by Gasteiger charge is 2.37. The number of hydrogen-bond acceptors (Lipinski definition) is 9. The quantitative estimate of drug-likeness (QED) is 0.181. The second-order valence-electron chi connectivity index (χ2n) is 16.0. The number of imide groups is 1. The van der Waals surface area contributed by atoms with Gasteiger partial charge in [0.2, 0.25) is 11.8 Å². The molecule has 0 bridgehead atoms. The molecule has 1 aromatic carbocycles. The van der Waals surface area contributed by atoms with Crippen LogP contribution in [0.2, 0.25) is 0 Å². The number of halogens is 4. The predicted molar refractivity (Wildman–Crippen MR) is 216 cm³/mol. The molecule has 3 saturated heterocycles. The molecule has 310 valence electrons. The van der Waals surface area contributed by atoms with Crippen molar-refractivity contribution in [1.29, 1.82) is 0 Å². The molecule has 0 spiro atoms. The number of H-pyrrole nitrogens is 1. The number of carbonyl (C=O) groups is 3. The summed E-state index contributed by atoms with van der Waals surface area (Å²) in [6.07, 6.45) is 8.92. The highest BCUT2D eigenvalue weighted by molar-refractivity contribution is 6.32. The first kappa shape index (κ1) is 41.3. The van der Waals surface area contributed by atoms with Crippen LogP contribution in [0, 0.1) is 11.8 Å². The number of aromatic nitrogens is 3. The van der Waals surface area contributed by atoms with Gasteiger partial charge in [0.1, 0.15) is 23.1 Å². The lowest BCUT2D eigenvalue weighted by atomic mass is 9.90. The van der Waals surface area contributed by atoms with E-state index in [1.165, 1.54) is 16.7 Å². The van der Waals surface area contributed by atoms with E-state index in [1.54, 1.807) is 31.5 Å². The number of aromatic amines is 1. The van der Waals surface area contributed by atoms with Gasteiger partial charge in [-0.05, 0) is 111 Å². The van der Waals surface area contributed by atoms with Gasteiger partial charge >= 0.3 is 6.18 Å². The average Bonchev–Trinajstić information content (AvgIpc) is 3.50. The molecule has 3 N–H and O–H groups in total. The van der Waals surface area contributed by atoms with Crippen molar-refractivity contribution in [1.82, 2.24) is 25.0 Å². The Morgan fingerprint density at radius 3 is 2.55 bits per heavy atom. The van der Waals surface area contributed by atoms with E-state index in [9.17, 15) is 32.3 Å². The number of ether oxygens (including phenoxy) is 1. The number of pyridine rings is 1. The molecule has 12 nitrogen and oxygen atoms in total. The van der Waals surface area contributed by atoms with Crippen molar-refractivity contribution in [3.8, 4) is 0 Å². The lowest BCUT2D eigenvalue weighted by Gasteiger charge is -2.35. The normalized spacial score (nSPS) is 21.7. The molecule has 16 heteroatoms. The molecule has 2 unspecified atom stereocenters. The van der Waals surface area contributed by atoms with Crippen molar-refractivity contribution in [2.24, 2.45) is 18.9 Å². The van der Waals surface area contributed by atoms with E-state index >= 15 is 0 Å². The van der Waals surface area contributed by atoms with Crippen LogP contribution in [0.4, 0.5) is 24.5 Å². The monoisotopic (exact) mass is 823 g/mol. The number of nitrogens with one attached hydrogen (secondary N) is 3. The van der Waals surface area contributed by atoms with Crippen LogP contribution in [0.25, 0.3) is 16.5 Å². The molecule has 0 saturated carbocycles. The molecule has 3 fully saturated rings. The van der Waals surface area contributed by atoms with Crippen LogP contribution in [0.15, 0.2) is 63.9 Å². The first-order valence-corrected chi connectivity index (χ1v) is 20.3. The Labute approximate surface area is 339 Å². The fraction of sp³-hybridized carbons (Fsp3) is 0.500. The summed E-state index contributed by atoms with van der Waals surface area (Å²) in [5, 5.41) is 13.3. The highest BCUT2D eigenvalue weighted by atomic mass is 35.5. The maximum absolute atomic E-state index is 14.3. The van der Waals surface area contributed by atoms with Crippen LogP contribution in [0.5, 0.6) is 0 Å². The number of methoxy groups -OCH3 is 1. The van der Waals surface area contributed by atoms with Crippen LogP contribution in [-0.2, 0) is 32.3 Å². The van der Waals surface area contributed by atoms with E-state index in [0.717, 1.165) is 67.3 Å². The first-order valence-electron chi connectivity index (χ1n) is 19.9. The molecule has 2 aromatic heterocycles. The Balaban J connectivity index is 0.914. The molecule has 1 aliphatic carbocycles. The minimum absolute atomic E-state index is 0.0806. The topological polar surface area (TPSA) is 142 Å². The van der Waals surface area contributed by atoms with E-state index in [0.29, 0.717) is 67.2 Å². The van der Waals surface area contributed by atoms with E-state index < -0.39 is 29.6 Å². The summed E-state index contributed by atoms with van der Waals surface area (Å²) in [7, 11) is 3.35. The summed E-state index contributed by atoms with van der Waals surface area (Å²) in [4.78, 5) is 53.6. The van der Waals surface area contributed by atoms with Crippen molar-refractivity contribution in [3.05, 3.63) is 80.6 Å². The number of likely N-dealkylation sites (tertiary alicyclic amines) is 1. The standard InChI is InChI=1S/C42H49ClF3N7O5/c1-51-24-33(32-22-47-50-39(32)41(51)57)27-18-31(58-2)19-28(35(43)20-27)16-25-4-3-12-52(13-9-25)23-30(54)17-26-10-14-53(15-11-26)37-7-5-29(21-34(37)42(44,45)46)48-36-6-8-38(55)49-40(36)56/h5,7,18,20-22,24-26,36,48H,3-4,6,8-17,19,23H2,1-2H3,(H,47,50)(H,49,55,56). The number of aryl methyl sites for hydroxylation is 1. The molecule has 58 heavy (non-hydrogen) atoms. The molecule has 3 aliphatic heterocycles. The number of fused-ring (bicyclic) bond motifs is 1. The summed E-state index contributed by atoms with van der Waals surface area (Å²) >= 11 is 7.01. The van der Waals surface area contributed by atoms with Gasteiger partial charge < -0.3 is 19.5 Å². The summed E-state index contributed by atoms with van der Waals surface area (Å²) < 4.78 is 50.1. The van der Waals surface area contributed by atoms with E-state index in [-0.39, 0.29) is 41.5 Å². The molecule has 7 rings (SSSR count). The molecule has 0 radical (unpaired) electrons. The fourth-order valence-electron chi connectivity index (χ4n) is 8.75. The average molecular weight is 824 g/mol. The maximum atomic E-state index is 14.3. The van der Waals surface area contributed by atoms with Crippen LogP contribution < -0.4 is 21.1 Å². The summed E-state index contributed by atoms with van der Waals surface area (Å²) in [6, 6.07) is 3.21. The zero-order valence-electron chi connectivity index (χ0n) is 32.7. The van der Waals surface area contributed by atoms with Gasteiger partial charge in [-0.3, -0.25) is 34.5 Å². The van der Waals surface area contributed by atoms with Crippen molar-refractivity contribution < 1.29 is 32.3 Å². The molecule has 5 heterocycles. The van der Waals surface area contributed by atoms with E-state index in [1.807, 2.05) is 12.2 Å². The number of hydrogen-bond donors (Lipinski definition) is 3. The minimum Gasteiger partial charge on any atom is -0.501 e. The van der Waals surface area contributed by atoms with Crippen molar-refractivity contribution in [2.45, 2.75) is 76.4 Å². The van der Waals surface area contributed by atoms with E-state index in [2.05, 4.69) is 25.7 Å². The first-order chi connectivity index (χ1) is 27.7. The van der Waals surface area contributed by atoms with Gasteiger partial charge in [0, 0.05) is 73.0 Å². The second kappa shape index (κ2) is 17.5. The third-order valence-corrected chi connectivity index (χ3v) is 12.3. The van der Waals surface area contributed by atoms with Crippen LogP contribution >= 0.6 is 11.6 Å². The van der Waals surface area contributed by atoms with Gasteiger partial charge in [-0.15, -0.1) is 0 Å². The highest BCUT2D eigenvalue weighted by Crippen LogP contribution is 2.41. The Kier molecular flexibility index (Phi) is 12.5. The van der Waals surface area contributed by atoms with Gasteiger partial charge in [-0.2, -0.15) is 18.3 Å². The van der Waals surface area contributed by atoms with Crippen molar-refractivity contribution in [2.75, 3.05) is 50.1 Å². The largest absolute Gasteiger partial charge is 0.501 e. The summed E-state index contributed by atoms with van der Waals surface area (Å²) in [5.74, 6) is 0.456. The number of benzene rings is 1. The van der Waals surface area contributed by atoms with Gasteiger partial charge in [0.05, 0.1) is 25.4 Å². The summed E-state index contributed by atoms with van der Waals surface area (Å²) in [5.41, 5.74) is 2.46. The molecule has 2 amide bonds. The molecule has 2 atom stereocenters. The Bertz CT molecular complexity index is 2220. The zero-order chi connectivity index (χ0) is 41.1. The Morgan fingerprint density at radius 1 is 1.03 bits per heavy atom. The lowest BCUT2D eigenvalue weighted by molar-refractivity contribution is -0.137. The smallest absolute Gasteiger partial charge is 0.418 e. The number of alkyl halides is 3. The fourth-order valence-corrected chi connectivity index (χ4v) is 9.01. The summed E-state index contributed by atoms with van der Waals surface area (Å²) in [6.45, 7) is 2.78. The van der Waals surface area contributed by atoms with Crippen molar-refractivity contribution in [3.63, 3.8) is 0 Å². The molecular weight excluding hydrogens is 775 g/mol.